The molecule has 0 saturated heterocycles. The molecule has 0 atom stereocenters. The van der Waals surface area contributed by atoms with Crippen LogP contribution in [0.15, 0.2) is 0 Å². The summed E-state index contributed by atoms with van der Waals surface area (Å²) >= 11 is 0. The first-order valence-corrected chi connectivity index (χ1v) is 4.98. The molecule has 0 heterocycles. The summed E-state index contributed by atoms with van der Waals surface area (Å²) in [6, 6.07) is 0. The van der Waals surface area contributed by atoms with Crippen molar-refractivity contribution in [1.29, 1.82) is 0 Å². The van der Waals surface area contributed by atoms with E-state index in [1.165, 1.54) is 26.2 Å². The van der Waals surface area contributed by atoms with E-state index < -0.39 is 0 Å². The molecule has 1 aliphatic rings. The summed E-state index contributed by atoms with van der Waals surface area (Å²) in [5.74, 6) is -0.132. The molecule has 1 rings (SSSR count). The standard InChI is InChI=1S/C8H14O2.C2H6O/c1-7(9)10-8-5-3-2-4-6-8;1-2-3/h8H,2-6H2,1H3;3H,2H2,1H3. The second kappa shape index (κ2) is 8.05. The fourth-order valence-corrected chi connectivity index (χ4v) is 1.42. The summed E-state index contributed by atoms with van der Waals surface area (Å²) in [7, 11) is 0. The molecule has 3 heteroatoms. The zero-order chi connectivity index (χ0) is 10.1. The van der Waals surface area contributed by atoms with Crippen molar-refractivity contribution in [2.45, 2.75) is 52.1 Å². The molecule has 0 unspecified atom stereocenters. The Balaban J connectivity index is 0.000000424. The Kier molecular flexibility index (Phi) is 7.69. The molecule has 3 nitrogen and oxygen atoms in total. The molecule has 0 bridgehead atoms. The van der Waals surface area contributed by atoms with Crippen LogP contribution < -0.4 is 0 Å². The van der Waals surface area contributed by atoms with E-state index >= 15 is 0 Å². The minimum absolute atomic E-state index is 0.132. The molecular weight excluding hydrogens is 168 g/mol. The highest BCUT2D eigenvalue weighted by molar-refractivity contribution is 5.66. The third-order valence-corrected chi connectivity index (χ3v) is 1.88. The van der Waals surface area contributed by atoms with Crippen molar-refractivity contribution in [1.82, 2.24) is 0 Å². The maximum absolute atomic E-state index is 10.5. The van der Waals surface area contributed by atoms with Gasteiger partial charge in [-0.3, -0.25) is 4.79 Å². The number of aliphatic hydroxyl groups is 1. The van der Waals surface area contributed by atoms with Crippen LogP contribution in [0.25, 0.3) is 0 Å². The van der Waals surface area contributed by atoms with Crippen molar-refractivity contribution in [3.05, 3.63) is 0 Å². The van der Waals surface area contributed by atoms with Gasteiger partial charge in [0, 0.05) is 13.5 Å². The third kappa shape index (κ3) is 7.78. The maximum Gasteiger partial charge on any atom is 0.302 e. The van der Waals surface area contributed by atoms with Gasteiger partial charge in [-0.25, -0.2) is 0 Å². The van der Waals surface area contributed by atoms with E-state index in [0.29, 0.717) is 0 Å². The summed E-state index contributed by atoms with van der Waals surface area (Å²) in [4.78, 5) is 10.5. The molecule has 0 aliphatic heterocycles. The number of hydrogen-bond acceptors (Lipinski definition) is 3. The number of aliphatic hydroxyl groups excluding tert-OH is 1. The average molecular weight is 188 g/mol. The summed E-state index contributed by atoms with van der Waals surface area (Å²) in [6.45, 7) is 3.41. The molecule has 0 radical (unpaired) electrons. The first-order chi connectivity index (χ1) is 6.20. The molecule has 0 aromatic carbocycles. The lowest BCUT2D eigenvalue weighted by Gasteiger charge is -2.20. The highest BCUT2D eigenvalue weighted by Gasteiger charge is 2.14. The predicted molar refractivity (Wildman–Crippen MR) is 51.4 cm³/mol. The quantitative estimate of drug-likeness (QED) is 0.639. The monoisotopic (exact) mass is 188 g/mol. The number of esters is 1. The Bertz CT molecular complexity index is 128. The van der Waals surface area contributed by atoms with Crippen LogP contribution in [-0.4, -0.2) is 23.8 Å². The van der Waals surface area contributed by atoms with Gasteiger partial charge in [0.25, 0.3) is 0 Å². The average Bonchev–Trinajstić information content (AvgIpc) is 2.06. The van der Waals surface area contributed by atoms with Gasteiger partial charge in [-0.2, -0.15) is 0 Å². The highest BCUT2D eigenvalue weighted by Crippen LogP contribution is 2.19. The van der Waals surface area contributed by atoms with Crippen molar-refractivity contribution >= 4 is 5.97 Å². The van der Waals surface area contributed by atoms with E-state index in [1.807, 2.05) is 0 Å². The Morgan fingerprint density at radius 1 is 1.38 bits per heavy atom. The fraction of sp³-hybridized carbons (Fsp3) is 0.900. The predicted octanol–water partition coefficient (Wildman–Crippen LogP) is 1.88. The van der Waals surface area contributed by atoms with Gasteiger partial charge in [0.2, 0.25) is 0 Å². The van der Waals surface area contributed by atoms with Crippen molar-refractivity contribution in [2.24, 2.45) is 0 Å². The molecule has 0 aromatic rings. The van der Waals surface area contributed by atoms with Crippen molar-refractivity contribution in [3.8, 4) is 0 Å². The van der Waals surface area contributed by atoms with Crippen LogP contribution in [0.1, 0.15) is 46.0 Å². The van der Waals surface area contributed by atoms with Crippen LogP contribution in [0.5, 0.6) is 0 Å². The van der Waals surface area contributed by atoms with E-state index in [1.54, 1.807) is 6.92 Å². The molecule has 1 aliphatic carbocycles. The smallest absolute Gasteiger partial charge is 0.302 e. The van der Waals surface area contributed by atoms with Crippen LogP contribution in [-0.2, 0) is 9.53 Å². The summed E-state index contributed by atoms with van der Waals surface area (Å²) in [6.07, 6.45) is 6.11. The van der Waals surface area contributed by atoms with Crippen LogP contribution in [0.3, 0.4) is 0 Å². The molecule has 1 saturated carbocycles. The number of hydrogen-bond donors (Lipinski definition) is 1. The topological polar surface area (TPSA) is 46.5 Å². The van der Waals surface area contributed by atoms with Crippen LogP contribution in [0, 0.1) is 0 Å². The van der Waals surface area contributed by atoms with Gasteiger partial charge in [-0.15, -0.1) is 0 Å². The van der Waals surface area contributed by atoms with Crippen LogP contribution >= 0.6 is 0 Å². The number of carbonyl (C=O) groups is 1. The van der Waals surface area contributed by atoms with E-state index in [-0.39, 0.29) is 18.7 Å². The molecule has 1 N–H and O–H groups in total. The van der Waals surface area contributed by atoms with Gasteiger partial charge in [0.15, 0.2) is 0 Å². The Morgan fingerprint density at radius 3 is 2.23 bits per heavy atom. The summed E-state index contributed by atoms with van der Waals surface area (Å²) < 4.78 is 5.05. The van der Waals surface area contributed by atoms with E-state index in [4.69, 9.17) is 9.84 Å². The minimum Gasteiger partial charge on any atom is -0.463 e. The Morgan fingerprint density at radius 2 is 1.85 bits per heavy atom. The molecule has 0 spiro atoms. The van der Waals surface area contributed by atoms with Crippen molar-refractivity contribution in [2.75, 3.05) is 6.61 Å². The van der Waals surface area contributed by atoms with Crippen LogP contribution in [0.2, 0.25) is 0 Å². The lowest BCUT2D eigenvalue weighted by molar-refractivity contribution is -0.147. The lowest BCUT2D eigenvalue weighted by Crippen LogP contribution is -2.18. The van der Waals surface area contributed by atoms with Gasteiger partial charge in [-0.1, -0.05) is 6.42 Å². The lowest BCUT2D eigenvalue weighted by atomic mass is 9.98. The summed E-state index contributed by atoms with van der Waals surface area (Å²) in [5, 5.41) is 7.57. The maximum atomic E-state index is 10.5. The molecule has 0 aromatic heterocycles. The first kappa shape index (κ1) is 12.4. The third-order valence-electron chi connectivity index (χ3n) is 1.88. The number of carbonyl (C=O) groups excluding carboxylic acids is 1. The van der Waals surface area contributed by atoms with Crippen molar-refractivity contribution in [3.63, 3.8) is 0 Å². The molecule has 13 heavy (non-hydrogen) atoms. The van der Waals surface area contributed by atoms with Crippen molar-refractivity contribution < 1.29 is 14.6 Å². The van der Waals surface area contributed by atoms with E-state index in [9.17, 15) is 4.79 Å². The number of rotatable bonds is 1. The van der Waals surface area contributed by atoms with E-state index in [0.717, 1.165) is 12.8 Å². The van der Waals surface area contributed by atoms with Gasteiger partial charge in [-0.05, 0) is 32.6 Å². The molecule has 0 amide bonds. The van der Waals surface area contributed by atoms with Gasteiger partial charge in [0.1, 0.15) is 6.10 Å². The Hall–Kier alpha value is -0.570. The van der Waals surface area contributed by atoms with E-state index in [2.05, 4.69) is 0 Å². The Labute approximate surface area is 80.1 Å². The first-order valence-electron chi connectivity index (χ1n) is 4.98. The normalized spacial score (nSPS) is 17.2. The second-order valence-corrected chi connectivity index (χ2v) is 3.19. The largest absolute Gasteiger partial charge is 0.463 e. The van der Waals surface area contributed by atoms with Gasteiger partial charge >= 0.3 is 5.97 Å². The zero-order valence-electron chi connectivity index (χ0n) is 8.58. The zero-order valence-corrected chi connectivity index (χ0v) is 8.58. The van der Waals surface area contributed by atoms with Gasteiger partial charge < -0.3 is 9.84 Å². The molecule has 1 fully saturated rings. The second-order valence-electron chi connectivity index (χ2n) is 3.19. The molecular formula is C10H20O3. The number of ether oxygens (including phenoxy) is 1. The molecule has 78 valence electrons. The van der Waals surface area contributed by atoms with Gasteiger partial charge in [0.05, 0.1) is 0 Å². The fourth-order valence-electron chi connectivity index (χ4n) is 1.42. The highest BCUT2D eigenvalue weighted by atomic mass is 16.5. The minimum atomic E-state index is -0.132. The van der Waals surface area contributed by atoms with Crippen LogP contribution in [0.4, 0.5) is 0 Å². The SMILES string of the molecule is CC(=O)OC1CCCCC1.CCO. The summed E-state index contributed by atoms with van der Waals surface area (Å²) in [5.41, 5.74) is 0.